The molecule has 2 aliphatic heterocycles. The molecule has 0 radical (unpaired) electrons. The van der Waals surface area contributed by atoms with Gasteiger partial charge in [-0.05, 0) is 24.1 Å². The van der Waals surface area contributed by atoms with Gasteiger partial charge in [0.05, 0.1) is 11.4 Å². The SMILES string of the molecule is C=CCN1C(=O)C2(c3ccccc31)c1[nH]c3ccccc3c1CCN2C(=O)C(C)C. The Hall–Kier alpha value is -3.34. The number of hydrogen-bond acceptors (Lipinski definition) is 2. The number of rotatable bonds is 3. The van der Waals surface area contributed by atoms with Gasteiger partial charge in [-0.1, -0.05) is 56.3 Å². The average molecular weight is 399 g/mol. The van der Waals surface area contributed by atoms with Crippen LogP contribution in [0.3, 0.4) is 0 Å². The number of benzene rings is 2. The van der Waals surface area contributed by atoms with E-state index in [1.807, 2.05) is 56.3 Å². The van der Waals surface area contributed by atoms with Crippen LogP contribution in [-0.2, 0) is 21.5 Å². The number of fused-ring (bicyclic) bond motifs is 6. The van der Waals surface area contributed by atoms with Gasteiger partial charge in [-0.2, -0.15) is 0 Å². The molecule has 0 saturated carbocycles. The van der Waals surface area contributed by atoms with Crippen LogP contribution in [0.25, 0.3) is 10.9 Å². The normalized spacial score (nSPS) is 20.2. The molecule has 1 aromatic heterocycles. The Labute approximate surface area is 176 Å². The molecule has 3 aromatic rings. The fraction of sp³-hybridized carbons (Fsp3) is 0.280. The fourth-order valence-electron chi connectivity index (χ4n) is 5.13. The van der Waals surface area contributed by atoms with E-state index in [0.717, 1.165) is 39.8 Å². The highest BCUT2D eigenvalue weighted by atomic mass is 16.2. The Morgan fingerprint density at radius 3 is 2.70 bits per heavy atom. The Balaban J connectivity index is 1.87. The smallest absolute Gasteiger partial charge is 0.264 e. The van der Waals surface area contributed by atoms with Gasteiger partial charge in [-0.3, -0.25) is 9.59 Å². The van der Waals surface area contributed by atoms with E-state index in [4.69, 9.17) is 0 Å². The van der Waals surface area contributed by atoms with E-state index in [-0.39, 0.29) is 17.7 Å². The molecular weight excluding hydrogens is 374 g/mol. The minimum Gasteiger partial charge on any atom is -0.355 e. The van der Waals surface area contributed by atoms with Crippen molar-refractivity contribution in [3.63, 3.8) is 0 Å². The quantitative estimate of drug-likeness (QED) is 0.677. The zero-order valence-electron chi connectivity index (χ0n) is 17.3. The van der Waals surface area contributed by atoms with Gasteiger partial charge in [-0.25, -0.2) is 0 Å². The molecule has 0 bridgehead atoms. The lowest BCUT2D eigenvalue weighted by Crippen LogP contribution is -2.60. The van der Waals surface area contributed by atoms with Crippen molar-refractivity contribution in [2.45, 2.75) is 25.8 Å². The Bertz CT molecular complexity index is 1190. The van der Waals surface area contributed by atoms with E-state index in [1.54, 1.807) is 15.9 Å². The third kappa shape index (κ3) is 2.23. The van der Waals surface area contributed by atoms with Crippen molar-refractivity contribution in [2.75, 3.05) is 18.0 Å². The molecule has 1 spiro atoms. The summed E-state index contributed by atoms with van der Waals surface area (Å²) >= 11 is 0. The first-order chi connectivity index (χ1) is 14.5. The third-order valence-electron chi connectivity index (χ3n) is 6.38. The van der Waals surface area contributed by atoms with E-state index in [9.17, 15) is 9.59 Å². The molecule has 2 aromatic carbocycles. The van der Waals surface area contributed by atoms with Crippen LogP contribution in [0.15, 0.2) is 61.2 Å². The first-order valence-electron chi connectivity index (χ1n) is 10.5. The molecule has 0 fully saturated rings. The number of aromatic nitrogens is 1. The summed E-state index contributed by atoms with van der Waals surface area (Å²) in [7, 11) is 0. The number of nitrogens with one attached hydrogen (secondary N) is 1. The van der Waals surface area contributed by atoms with E-state index in [2.05, 4.69) is 17.6 Å². The molecule has 5 nitrogen and oxygen atoms in total. The molecular formula is C25H25N3O2. The molecule has 2 amide bonds. The summed E-state index contributed by atoms with van der Waals surface area (Å²) in [4.78, 5) is 34.7. The van der Waals surface area contributed by atoms with Gasteiger partial charge in [-0.15, -0.1) is 6.58 Å². The lowest BCUT2D eigenvalue weighted by Gasteiger charge is -2.44. The number of anilines is 1. The molecule has 2 aliphatic rings. The van der Waals surface area contributed by atoms with Crippen molar-refractivity contribution >= 4 is 28.4 Å². The van der Waals surface area contributed by atoms with Gasteiger partial charge in [0.2, 0.25) is 5.91 Å². The second kappa shape index (κ2) is 6.59. The molecule has 1 N–H and O–H groups in total. The Kier molecular flexibility index (Phi) is 4.10. The number of hydrogen-bond donors (Lipinski definition) is 1. The second-order valence-electron chi connectivity index (χ2n) is 8.35. The standard InChI is InChI=1S/C25H25N3O2/c1-4-14-27-21-12-8-6-10-19(21)25(24(27)30)22-18(13-15-28(25)23(29)16(2)3)17-9-5-7-11-20(17)26-22/h4-12,16,26H,1,13-15H2,2-3H3. The topological polar surface area (TPSA) is 56.4 Å². The number of carbonyl (C=O) groups is 2. The lowest BCUT2D eigenvalue weighted by atomic mass is 9.79. The maximum Gasteiger partial charge on any atom is 0.264 e. The van der Waals surface area contributed by atoms with E-state index in [0.29, 0.717) is 13.1 Å². The zero-order chi connectivity index (χ0) is 21.0. The number of amides is 2. The average Bonchev–Trinajstić information content (AvgIpc) is 3.25. The van der Waals surface area contributed by atoms with Gasteiger partial charge in [0.15, 0.2) is 5.54 Å². The van der Waals surface area contributed by atoms with Crippen molar-refractivity contribution in [3.8, 4) is 0 Å². The highest BCUT2D eigenvalue weighted by Crippen LogP contribution is 2.52. The summed E-state index contributed by atoms with van der Waals surface area (Å²) in [6, 6.07) is 15.9. The van der Waals surface area contributed by atoms with Crippen molar-refractivity contribution in [1.82, 2.24) is 9.88 Å². The molecule has 5 rings (SSSR count). The molecule has 3 heterocycles. The van der Waals surface area contributed by atoms with Crippen LogP contribution in [0, 0.1) is 5.92 Å². The first-order valence-corrected chi connectivity index (χ1v) is 10.5. The second-order valence-corrected chi connectivity index (χ2v) is 8.35. The van der Waals surface area contributed by atoms with Crippen LogP contribution in [0.4, 0.5) is 5.69 Å². The maximum atomic E-state index is 14.2. The highest BCUT2D eigenvalue weighted by molar-refractivity contribution is 6.13. The van der Waals surface area contributed by atoms with Crippen molar-refractivity contribution in [1.29, 1.82) is 0 Å². The van der Waals surface area contributed by atoms with Crippen molar-refractivity contribution < 1.29 is 9.59 Å². The number of H-pyrrole nitrogens is 1. The van der Waals surface area contributed by atoms with Crippen molar-refractivity contribution in [3.05, 3.63) is 78.0 Å². The van der Waals surface area contributed by atoms with Crippen LogP contribution in [0.5, 0.6) is 0 Å². The number of para-hydroxylation sites is 2. The number of nitrogens with zero attached hydrogens (tertiary/aromatic N) is 2. The fourth-order valence-corrected chi connectivity index (χ4v) is 5.13. The van der Waals surface area contributed by atoms with Crippen LogP contribution in [-0.4, -0.2) is 34.8 Å². The largest absolute Gasteiger partial charge is 0.355 e. The monoisotopic (exact) mass is 399 g/mol. The van der Waals surface area contributed by atoms with Crippen LogP contribution < -0.4 is 4.90 Å². The van der Waals surface area contributed by atoms with Crippen LogP contribution in [0.2, 0.25) is 0 Å². The minimum absolute atomic E-state index is 0.0112. The molecule has 0 aliphatic carbocycles. The summed E-state index contributed by atoms with van der Waals surface area (Å²) < 4.78 is 0. The predicted octanol–water partition coefficient (Wildman–Crippen LogP) is 3.98. The summed E-state index contributed by atoms with van der Waals surface area (Å²) in [5.41, 5.74) is 3.48. The third-order valence-corrected chi connectivity index (χ3v) is 6.38. The number of carbonyl (C=O) groups excluding carboxylic acids is 2. The van der Waals surface area contributed by atoms with Crippen LogP contribution in [0.1, 0.15) is 30.7 Å². The van der Waals surface area contributed by atoms with Gasteiger partial charge in [0.25, 0.3) is 5.91 Å². The summed E-state index contributed by atoms with van der Waals surface area (Å²) in [6.07, 6.45) is 2.45. The van der Waals surface area contributed by atoms with E-state index < -0.39 is 5.54 Å². The van der Waals surface area contributed by atoms with Gasteiger partial charge in [0, 0.05) is 35.5 Å². The summed E-state index contributed by atoms with van der Waals surface area (Å²) in [6.45, 7) is 8.54. The van der Waals surface area contributed by atoms with Gasteiger partial charge in [0.1, 0.15) is 0 Å². The lowest BCUT2D eigenvalue weighted by molar-refractivity contribution is -0.147. The van der Waals surface area contributed by atoms with Crippen molar-refractivity contribution in [2.24, 2.45) is 5.92 Å². The molecule has 0 saturated heterocycles. The van der Waals surface area contributed by atoms with E-state index >= 15 is 0 Å². The molecule has 152 valence electrons. The van der Waals surface area contributed by atoms with Crippen LogP contribution >= 0.6 is 0 Å². The molecule has 1 unspecified atom stereocenters. The minimum atomic E-state index is -1.17. The summed E-state index contributed by atoms with van der Waals surface area (Å²) in [5.74, 6) is -0.311. The van der Waals surface area contributed by atoms with Gasteiger partial charge >= 0.3 is 0 Å². The Morgan fingerprint density at radius 2 is 1.93 bits per heavy atom. The molecule has 1 atom stereocenters. The first kappa shape index (κ1) is 18.7. The molecule has 5 heteroatoms. The zero-order valence-corrected chi connectivity index (χ0v) is 17.3. The Morgan fingerprint density at radius 1 is 1.20 bits per heavy atom. The van der Waals surface area contributed by atoms with E-state index in [1.165, 1.54) is 0 Å². The predicted molar refractivity (Wildman–Crippen MR) is 118 cm³/mol. The number of aromatic amines is 1. The van der Waals surface area contributed by atoms with Gasteiger partial charge < -0.3 is 14.8 Å². The molecule has 30 heavy (non-hydrogen) atoms. The maximum absolute atomic E-state index is 14.2. The highest BCUT2D eigenvalue weighted by Gasteiger charge is 2.60. The summed E-state index contributed by atoms with van der Waals surface area (Å²) in [5, 5.41) is 1.12.